The number of nitrogens with one attached hydrogen (secondary N) is 2. The molecule has 2 rings (SSSR count). The molecular formula is C14H19N3O2. The molecule has 5 nitrogen and oxygen atoms in total. The summed E-state index contributed by atoms with van der Waals surface area (Å²) in [6.07, 6.45) is 3.34. The van der Waals surface area contributed by atoms with Gasteiger partial charge in [-0.1, -0.05) is 6.07 Å². The maximum atomic E-state index is 12.3. The van der Waals surface area contributed by atoms with Crippen LogP contribution in [0.1, 0.15) is 29.6 Å². The summed E-state index contributed by atoms with van der Waals surface area (Å²) in [6.45, 7) is 1.65. The normalized spacial score (nSPS) is 14.9. The minimum absolute atomic E-state index is 0.0419. The Bertz CT molecular complexity index is 468. The minimum atomic E-state index is -0.289. The van der Waals surface area contributed by atoms with Crippen LogP contribution in [-0.4, -0.2) is 37.0 Å². The highest BCUT2D eigenvalue weighted by Crippen LogP contribution is 2.16. The highest BCUT2D eigenvalue weighted by molar-refractivity contribution is 5.96. The van der Waals surface area contributed by atoms with Crippen molar-refractivity contribution in [3.63, 3.8) is 0 Å². The van der Waals surface area contributed by atoms with E-state index in [9.17, 15) is 9.59 Å². The second-order valence-electron chi connectivity index (χ2n) is 4.64. The van der Waals surface area contributed by atoms with Gasteiger partial charge in [-0.15, -0.1) is 0 Å². The van der Waals surface area contributed by atoms with E-state index < -0.39 is 0 Å². The van der Waals surface area contributed by atoms with Crippen molar-refractivity contribution in [2.75, 3.05) is 25.5 Å². The number of amides is 3. The van der Waals surface area contributed by atoms with Crippen LogP contribution in [0.3, 0.4) is 0 Å². The van der Waals surface area contributed by atoms with Crippen LogP contribution < -0.4 is 10.6 Å². The molecule has 102 valence electrons. The fourth-order valence-corrected chi connectivity index (χ4v) is 2.20. The third kappa shape index (κ3) is 3.47. The Morgan fingerprint density at radius 2 is 1.89 bits per heavy atom. The first-order chi connectivity index (χ1) is 9.20. The van der Waals surface area contributed by atoms with Gasteiger partial charge in [-0.25, -0.2) is 4.79 Å². The molecule has 5 heteroatoms. The van der Waals surface area contributed by atoms with Crippen LogP contribution in [0.4, 0.5) is 10.5 Å². The highest BCUT2D eigenvalue weighted by atomic mass is 16.2. The van der Waals surface area contributed by atoms with Crippen molar-refractivity contribution in [2.24, 2.45) is 0 Å². The summed E-state index contributed by atoms with van der Waals surface area (Å²) in [5.41, 5.74) is 1.25. The van der Waals surface area contributed by atoms with Crippen molar-refractivity contribution in [1.82, 2.24) is 10.2 Å². The molecule has 0 spiro atoms. The molecule has 1 aromatic carbocycles. The van der Waals surface area contributed by atoms with Crippen LogP contribution in [0.15, 0.2) is 24.3 Å². The number of hydrogen-bond donors (Lipinski definition) is 2. The Morgan fingerprint density at radius 1 is 1.16 bits per heavy atom. The summed E-state index contributed by atoms with van der Waals surface area (Å²) in [5, 5.41) is 5.15. The zero-order chi connectivity index (χ0) is 13.7. The van der Waals surface area contributed by atoms with Gasteiger partial charge >= 0.3 is 6.03 Å². The Morgan fingerprint density at radius 3 is 2.58 bits per heavy atom. The van der Waals surface area contributed by atoms with E-state index in [1.807, 2.05) is 4.90 Å². The van der Waals surface area contributed by atoms with E-state index in [0.29, 0.717) is 11.3 Å². The molecule has 0 saturated carbocycles. The minimum Gasteiger partial charge on any atom is -0.341 e. The number of hydrogen-bond acceptors (Lipinski definition) is 2. The molecule has 3 amide bonds. The fourth-order valence-electron chi connectivity index (χ4n) is 2.20. The Balaban J connectivity index is 2.09. The molecule has 1 aromatic rings. The Hall–Kier alpha value is -2.04. The standard InChI is InChI=1S/C14H19N3O2/c1-15-14(19)16-12-7-5-6-11(10-12)13(18)17-8-3-2-4-9-17/h5-7,10H,2-4,8-9H2,1H3,(H2,15,16,19). The lowest BCUT2D eigenvalue weighted by Crippen LogP contribution is -2.35. The van der Waals surface area contributed by atoms with Crippen molar-refractivity contribution in [1.29, 1.82) is 0 Å². The second-order valence-corrected chi connectivity index (χ2v) is 4.64. The molecule has 1 aliphatic heterocycles. The molecular weight excluding hydrogens is 242 g/mol. The molecule has 0 unspecified atom stereocenters. The van der Waals surface area contributed by atoms with E-state index >= 15 is 0 Å². The van der Waals surface area contributed by atoms with E-state index in [1.165, 1.54) is 6.42 Å². The molecule has 1 aliphatic rings. The number of likely N-dealkylation sites (tertiary alicyclic amines) is 1. The van der Waals surface area contributed by atoms with Gasteiger partial charge in [-0.3, -0.25) is 4.79 Å². The number of carbonyl (C=O) groups excluding carboxylic acids is 2. The number of rotatable bonds is 2. The van der Waals surface area contributed by atoms with Gasteiger partial charge in [0, 0.05) is 31.4 Å². The molecule has 1 fully saturated rings. The molecule has 0 aliphatic carbocycles. The van der Waals surface area contributed by atoms with E-state index in [4.69, 9.17) is 0 Å². The van der Waals surface area contributed by atoms with E-state index in [2.05, 4.69) is 10.6 Å². The zero-order valence-electron chi connectivity index (χ0n) is 11.1. The van der Waals surface area contributed by atoms with Crippen molar-refractivity contribution in [3.8, 4) is 0 Å². The van der Waals surface area contributed by atoms with Crippen LogP contribution in [0.2, 0.25) is 0 Å². The lowest BCUT2D eigenvalue weighted by molar-refractivity contribution is 0.0724. The number of benzene rings is 1. The average molecular weight is 261 g/mol. The van der Waals surface area contributed by atoms with Gasteiger partial charge in [-0.05, 0) is 37.5 Å². The first-order valence-corrected chi connectivity index (χ1v) is 6.59. The molecule has 2 N–H and O–H groups in total. The molecule has 19 heavy (non-hydrogen) atoms. The molecule has 1 heterocycles. The van der Waals surface area contributed by atoms with Crippen molar-refractivity contribution < 1.29 is 9.59 Å². The first kappa shape index (κ1) is 13.4. The van der Waals surface area contributed by atoms with E-state index in [0.717, 1.165) is 25.9 Å². The topological polar surface area (TPSA) is 61.4 Å². The van der Waals surface area contributed by atoms with E-state index in [-0.39, 0.29) is 11.9 Å². The molecule has 0 radical (unpaired) electrons. The fraction of sp³-hybridized carbons (Fsp3) is 0.429. The SMILES string of the molecule is CNC(=O)Nc1cccc(C(=O)N2CCCCC2)c1. The van der Waals surface area contributed by atoms with Crippen molar-refractivity contribution >= 4 is 17.6 Å². The highest BCUT2D eigenvalue weighted by Gasteiger charge is 2.18. The molecule has 0 atom stereocenters. The van der Waals surface area contributed by atoms with Crippen molar-refractivity contribution in [3.05, 3.63) is 29.8 Å². The van der Waals surface area contributed by atoms with Crippen LogP contribution in [0, 0.1) is 0 Å². The Labute approximate surface area is 113 Å². The van der Waals surface area contributed by atoms with Crippen LogP contribution in [0.25, 0.3) is 0 Å². The van der Waals surface area contributed by atoms with Gasteiger partial charge in [0.15, 0.2) is 0 Å². The predicted octanol–water partition coefficient (Wildman–Crippen LogP) is 2.06. The first-order valence-electron chi connectivity index (χ1n) is 6.59. The van der Waals surface area contributed by atoms with Gasteiger partial charge in [0.1, 0.15) is 0 Å². The number of piperidine rings is 1. The van der Waals surface area contributed by atoms with Gasteiger partial charge in [-0.2, -0.15) is 0 Å². The van der Waals surface area contributed by atoms with Gasteiger partial charge in [0.05, 0.1) is 0 Å². The molecule has 1 saturated heterocycles. The van der Waals surface area contributed by atoms with Gasteiger partial charge in [0.2, 0.25) is 0 Å². The predicted molar refractivity (Wildman–Crippen MR) is 74.3 cm³/mol. The van der Waals surface area contributed by atoms with Crippen LogP contribution in [0.5, 0.6) is 0 Å². The smallest absolute Gasteiger partial charge is 0.318 e. The van der Waals surface area contributed by atoms with E-state index in [1.54, 1.807) is 31.3 Å². The largest absolute Gasteiger partial charge is 0.341 e. The number of anilines is 1. The monoisotopic (exact) mass is 261 g/mol. The number of carbonyl (C=O) groups is 2. The van der Waals surface area contributed by atoms with Crippen LogP contribution in [-0.2, 0) is 0 Å². The summed E-state index contributed by atoms with van der Waals surface area (Å²) < 4.78 is 0. The van der Waals surface area contributed by atoms with Gasteiger partial charge < -0.3 is 15.5 Å². The molecule has 0 aromatic heterocycles. The van der Waals surface area contributed by atoms with Crippen LogP contribution >= 0.6 is 0 Å². The maximum Gasteiger partial charge on any atom is 0.318 e. The van der Waals surface area contributed by atoms with Gasteiger partial charge in [0.25, 0.3) is 5.91 Å². The summed E-state index contributed by atoms with van der Waals surface area (Å²) in [6, 6.07) is 6.76. The lowest BCUT2D eigenvalue weighted by Gasteiger charge is -2.26. The number of urea groups is 1. The van der Waals surface area contributed by atoms with Crippen molar-refractivity contribution in [2.45, 2.75) is 19.3 Å². The lowest BCUT2D eigenvalue weighted by atomic mass is 10.1. The third-order valence-electron chi connectivity index (χ3n) is 3.24. The summed E-state index contributed by atoms with van der Waals surface area (Å²) in [7, 11) is 1.55. The maximum absolute atomic E-state index is 12.3. The quantitative estimate of drug-likeness (QED) is 0.856. The number of nitrogens with zero attached hydrogens (tertiary/aromatic N) is 1. The Kier molecular flexibility index (Phi) is 4.39. The second kappa shape index (κ2) is 6.22. The molecule has 0 bridgehead atoms. The zero-order valence-corrected chi connectivity index (χ0v) is 11.1. The third-order valence-corrected chi connectivity index (χ3v) is 3.24. The summed E-state index contributed by atoms with van der Waals surface area (Å²) in [4.78, 5) is 25.4. The summed E-state index contributed by atoms with van der Waals surface area (Å²) in [5.74, 6) is 0.0419. The summed E-state index contributed by atoms with van der Waals surface area (Å²) >= 11 is 0. The average Bonchev–Trinajstić information content (AvgIpc) is 2.47.